The molecule has 1 N–H and O–H groups in total. The minimum atomic E-state index is -0.317. The third-order valence-corrected chi connectivity index (χ3v) is 4.21. The molecule has 2 aromatic heterocycles. The van der Waals surface area contributed by atoms with Crippen molar-refractivity contribution in [3.8, 4) is 5.69 Å². The van der Waals surface area contributed by atoms with Crippen LogP contribution in [0.5, 0.6) is 0 Å². The summed E-state index contributed by atoms with van der Waals surface area (Å²) < 4.78 is 9.18. The SMILES string of the molecule is Cn1nnnc1C1CN(C(=O)c2ccc(-n3ccnc3)cc2)CCO1.O=CO. The highest BCUT2D eigenvalue weighted by atomic mass is 16.5. The summed E-state index contributed by atoms with van der Waals surface area (Å²) >= 11 is 0. The molecule has 0 saturated carbocycles. The van der Waals surface area contributed by atoms with E-state index in [2.05, 4.69) is 20.5 Å². The van der Waals surface area contributed by atoms with Gasteiger partial charge in [0.15, 0.2) is 5.82 Å². The van der Waals surface area contributed by atoms with Crippen LogP contribution < -0.4 is 0 Å². The van der Waals surface area contributed by atoms with E-state index in [0.717, 1.165) is 5.69 Å². The zero-order valence-electron chi connectivity index (χ0n) is 15.1. The number of hydrogen-bond acceptors (Lipinski definition) is 7. The fourth-order valence-electron chi connectivity index (χ4n) is 2.87. The van der Waals surface area contributed by atoms with Gasteiger partial charge in [-0.1, -0.05) is 0 Å². The number of hydrogen-bond donors (Lipinski definition) is 1. The van der Waals surface area contributed by atoms with Crippen LogP contribution in [0.4, 0.5) is 0 Å². The van der Waals surface area contributed by atoms with Crippen molar-refractivity contribution in [1.82, 2.24) is 34.7 Å². The maximum Gasteiger partial charge on any atom is 0.290 e. The predicted octanol–water partition coefficient (Wildman–Crippen LogP) is 0.310. The lowest BCUT2D eigenvalue weighted by molar-refractivity contribution is -0.122. The van der Waals surface area contributed by atoms with Gasteiger partial charge >= 0.3 is 0 Å². The van der Waals surface area contributed by atoms with Gasteiger partial charge in [-0.2, -0.15) is 0 Å². The van der Waals surface area contributed by atoms with Gasteiger partial charge in [0.2, 0.25) is 0 Å². The van der Waals surface area contributed by atoms with Crippen LogP contribution in [0, 0.1) is 0 Å². The number of nitrogens with zero attached hydrogens (tertiary/aromatic N) is 7. The Balaban J connectivity index is 0.000000706. The van der Waals surface area contributed by atoms with Crippen molar-refractivity contribution in [3.05, 3.63) is 54.4 Å². The molecule has 0 bridgehead atoms. The van der Waals surface area contributed by atoms with Crippen molar-refractivity contribution >= 4 is 12.4 Å². The van der Waals surface area contributed by atoms with E-state index in [0.29, 0.717) is 31.1 Å². The van der Waals surface area contributed by atoms with E-state index in [-0.39, 0.29) is 18.5 Å². The van der Waals surface area contributed by atoms with Crippen LogP contribution in [0.15, 0.2) is 43.0 Å². The second-order valence-electron chi connectivity index (χ2n) is 5.89. The van der Waals surface area contributed by atoms with E-state index >= 15 is 0 Å². The normalized spacial score (nSPS) is 16.2. The van der Waals surface area contributed by atoms with Crippen molar-refractivity contribution in [2.75, 3.05) is 19.7 Å². The van der Waals surface area contributed by atoms with Crippen molar-refractivity contribution in [1.29, 1.82) is 0 Å². The molecule has 1 aromatic carbocycles. The Kier molecular flexibility index (Phi) is 6.07. The summed E-state index contributed by atoms with van der Waals surface area (Å²) in [6, 6.07) is 7.46. The largest absolute Gasteiger partial charge is 0.483 e. The van der Waals surface area contributed by atoms with Crippen molar-refractivity contribution in [2.45, 2.75) is 6.10 Å². The minimum absolute atomic E-state index is 0.0272. The maximum absolute atomic E-state index is 12.8. The van der Waals surface area contributed by atoms with Gasteiger partial charge in [-0.05, 0) is 34.7 Å². The van der Waals surface area contributed by atoms with E-state index in [1.54, 1.807) is 29.2 Å². The minimum Gasteiger partial charge on any atom is -0.483 e. The average molecular weight is 385 g/mol. The molecule has 11 nitrogen and oxygen atoms in total. The monoisotopic (exact) mass is 385 g/mol. The van der Waals surface area contributed by atoms with Crippen LogP contribution in [0.2, 0.25) is 0 Å². The van der Waals surface area contributed by atoms with E-state index in [9.17, 15) is 4.79 Å². The number of carbonyl (C=O) groups excluding carboxylic acids is 1. The number of imidazole rings is 1. The summed E-state index contributed by atoms with van der Waals surface area (Å²) in [7, 11) is 1.76. The molecule has 28 heavy (non-hydrogen) atoms. The Bertz CT molecular complexity index is 908. The predicted molar refractivity (Wildman–Crippen MR) is 95.7 cm³/mol. The Morgan fingerprint density at radius 2 is 2.07 bits per heavy atom. The topological polar surface area (TPSA) is 128 Å². The van der Waals surface area contributed by atoms with Crippen molar-refractivity contribution < 1.29 is 19.4 Å². The molecule has 11 heteroatoms. The van der Waals surface area contributed by atoms with Crippen molar-refractivity contribution in [2.24, 2.45) is 7.05 Å². The summed E-state index contributed by atoms with van der Waals surface area (Å²) in [6.45, 7) is 1.18. The lowest BCUT2D eigenvalue weighted by atomic mass is 10.1. The number of morpholine rings is 1. The second kappa shape index (κ2) is 8.86. The first-order chi connectivity index (χ1) is 13.6. The van der Waals surface area contributed by atoms with E-state index in [4.69, 9.17) is 14.6 Å². The number of amides is 1. The molecule has 3 aromatic rings. The number of aryl methyl sites for hydroxylation is 1. The zero-order chi connectivity index (χ0) is 19.9. The Labute approximate surface area is 160 Å². The van der Waals surface area contributed by atoms with Crippen LogP contribution in [0.1, 0.15) is 22.3 Å². The molecule has 1 saturated heterocycles. The van der Waals surface area contributed by atoms with Crippen LogP contribution in [-0.2, 0) is 16.6 Å². The number of tetrazole rings is 1. The molecule has 0 radical (unpaired) electrons. The zero-order valence-corrected chi connectivity index (χ0v) is 15.1. The highest BCUT2D eigenvalue weighted by Gasteiger charge is 2.29. The molecule has 1 unspecified atom stereocenters. The van der Waals surface area contributed by atoms with Gasteiger partial charge in [0, 0.05) is 37.2 Å². The Morgan fingerprint density at radius 3 is 2.68 bits per heavy atom. The van der Waals surface area contributed by atoms with Gasteiger partial charge in [-0.3, -0.25) is 9.59 Å². The molecule has 1 atom stereocenters. The Morgan fingerprint density at radius 1 is 1.32 bits per heavy atom. The van der Waals surface area contributed by atoms with Crippen LogP contribution >= 0.6 is 0 Å². The number of benzene rings is 1. The summed E-state index contributed by atoms with van der Waals surface area (Å²) in [4.78, 5) is 26.9. The molecular formula is C17H19N7O4. The summed E-state index contributed by atoms with van der Waals surface area (Å²) in [5.74, 6) is 0.591. The summed E-state index contributed by atoms with van der Waals surface area (Å²) in [5, 5.41) is 18.3. The van der Waals surface area contributed by atoms with Gasteiger partial charge < -0.3 is 19.3 Å². The van der Waals surface area contributed by atoms with E-state index < -0.39 is 0 Å². The Hall–Kier alpha value is -3.60. The third-order valence-electron chi connectivity index (χ3n) is 4.21. The number of ether oxygens (including phenoxy) is 1. The lowest BCUT2D eigenvalue weighted by Crippen LogP contribution is -2.42. The van der Waals surface area contributed by atoms with Crippen LogP contribution in [0.3, 0.4) is 0 Å². The second-order valence-corrected chi connectivity index (χ2v) is 5.89. The number of carbonyl (C=O) groups is 2. The van der Waals surface area contributed by atoms with Crippen LogP contribution in [0.25, 0.3) is 5.69 Å². The quantitative estimate of drug-likeness (QED) is 0.638. The standard InChI is InChI=1S/C16H17N7O2.CH2O2/c1-21-15(18-19-20-21)14-10-22(8-9-25-14)16(24)12-2-4-13(5-3-12)23-7-6-17-11-23;2-1-3/h2-7,11,14H,8-10H2,1H3;1H,(H,2,3). The van der Waals surface area contributed by atoms with Gasteiger partial charge in [0.05, 0.1) is 19.5 Å². The van der Waals surface area contributed by atoms with Gasteiger partial charge in [-0.15, -0.1) is 5.10 Å². The number of carboxylic acid groups (broad SMARTS) is 1. The summed E-state index contributed by atoms with van der Waals surface area (Å²) in [5.41, 5.74) is 1.60. The first-order valence-electron chi connectivity index (χ1n) is 8.43. The molecule has 3 heterocycles. The molecular weight excluding hydrogens is 366 g/mol. The maximum atomic E-state index is 12.8. The summed E-state index contributed by atoms with van der Waals surface area (Å²) in [6.07, 6.45) is 4.98. The number of rotatable bonds is 3. The fraction of sp³-hybridized carbons (Fsp3) is 0.294. The van der Waals surface area contributed by atoms with Crippen LogP contribution in [-0.4, -0.2) is 71.8 Å². The number of aromatic nitrogens is 6. The molecule has 1 aliphatic rings. The van der Waals surface area contributed by atoms with Gasteiger partial charge in [0.25, 0.3) is 12.4 Å². The molecule has 0 aliphatic carbocycles. The fourth-order valence-corrected chi connectivity index (χ4v) is 2.87. The molecule has 1 amide bonds. The first-order valence-corrected chi connectivity index (χ1v) is 8.43. The first kappa shape index (κ1) is 19.2. The highest BCUT2D eigenvalue weighted by Crippen LogP contribution is 2.21. The van der Waals surface area contributed by atoms with E-state index in [1.807, 2.05) is 35.0 Å². The molecule has 4 rings (SSSR count). The molecule has 1 aliphatic heterocycles. The highest BCUT2D eigenvalue weighted by molar-refractivity contribution is 5.94. The molecule has 1 fully saturated rings. The lowest BCUT2D eigenvalue weighted by Gasteiger charge is -2.32. The van der Waals surface area contributed by atoms with E-state index in [1.165, 1.54) is 0 Å². The van der Waals surface area contributed by atoms with Gasteiger partial charge in [-0.25, -0.2) is 9.67 Å². The third kappa shape index (κ3) is 4.20. The average Bonchev–Trinajstić information content (AvgIpc) is 3.40. The van der Waals surface area contributed by atoms with Crippen molar-refractivity contribution in [3.63, 3.8) is 0 Å². The molecule has 0 spiro atoms. The smallest absolute Gasteiger partial charge is 0.290 e. The molecule has 146 valence electrons. The van der Waals surface area contributed by atoms with Gasteiger partial charge in [0.1, 0.15) is 6.10 Å².